The molecule has 0 heterocycles. The van der Waals surface area contributed by atoms with Crippen LogP contribution in [0.25, 0.3) is 0 Å². The van der Waals surface area contributed by atoms with Crippen LogP contribution >= 0.6 is 0 Å². The second-order valence-electron chi connectivity index (χ2n) is 6.56. The number of hydrogen-bond acceptors (Lipinski definition) is 3. The van der Waals surface area contributed by atoms with Gasteiger partial charge in [-0.2, -0.15) is 0 Å². The van der Waals surface area contributed by atoms with Gasteiger partial charge in [0.15, 0.2) is 0 Å². The fourth-order valence-corrected chi connectivity index (χ4v) is 2.35. The number of aliphatic hydroxyl groups excluding tert-OH is 1. The molecule has 0 amide bonds. The van der Waals surface area contributed by atoms with Crippen LogP contribution in [0.3, 0.4) is 0 Å². The number of rotatable bonds is 15. The highest BCUT2D eigenvalue weighted by Gasteiger charge is 2.13. The number of ether oxygens (including phenoxy) is 1. The molecule has 0 saturated heterocycles. The van der Waals surface area contributed by atoms with Crippen molar-refractivity contribution < 1.29 is 14.6 Å². The van der Waals surface area contributed by atoms with Crippen molar-refractivity contribution in [2.75, 3.05) is 0 Å². The number of allylic oxidation sites excluding steroid dienone is 2. The second kappa shape index (κ2) is 16.0. The lowest BCUT2D eigenvalue weighted by Crippen LogP contribution is -2.25. The summed E-state index contributed by atoms with van der Waals surface area (Å²) >= 11 is 0. The van der Waals surface area contributed by atoms with Crippen LogP contribution in [-0.2, 0) is 9.53 Å². The number of hydrogen-bond donors (Lipinski definition) is 1. The Morgan fingerprint density at radius 2 is 1.43 bits per heavy atom. The summed E-state index contributed by atoms with van der Waals surface area (Å²) in [6.07, 6.45) is 17.5. The largest absolute Gasteiger partial charge is 0.460 e. The molecule has 0 spiro atoms. The normalized spacial score (nSPS) is 14.1. The molecule has 3 heteroatoms. The molecule has 0 aromatic rings. The van der Waals surface area contributed by atoms with Gasteiger partial charge in [-0.25, -0.2) is 0 Å². The van der Waals surface area contributed by atoms with Crippen molar-refractivity contribution in [1.82, 2.24) is 0 Å². The van der Waals surface area contributed by atoms with Crippen LogP contribution in [0.15, 0.2) is 12.2 Å². The van der Waals surface area contributed by atoms with Crippen LogP contribution < -0.4 is 0 Å². The van der Waals surface area contributed by atoms with E-state index in [0.29, 0.717) is 6.42 Å². The molecule has 0 bridgehead atoms. The number of esters is 1. The smallest absolute Gasteiger partial charge is 0.306 e. The molecule has 0 saturated carbocycles. The van der Waals surface area contributed by atoms with Gasteiger partial charge in [0.25, 0.3) is 0 Å². The summed E-state index contributed by atoms with van der Waals surface area (Å²) < 4.78 is 5.12. The molecule has 0 aliphatic heterocycles. The highest BCUT2D eigenvalue weighted by molar-refractivity contribution is 5.69. The summed E-state index contributed by atoms with van der Waals surface area (Å²) in [5.74, 6) is -0.193. The molecule has 0 aromatic carbocycles. The Bertz CT molecular complexity index is 297. The Kier molecular flexibility index (Phi) is 15.5. The van der Waals surface area contributed by atoms with Crippen LogP contribution in [0.2, 0.25) is 0 Å². The lowest BCUT2D eigenvalue weighted by molar-refractivity contribution is -0.153. The maximum absolute atomic E-state index is 11.5. The van der Waals surface area contributed by atoms with E-state index in [1.807, 2.05) is 0 Å². The van der Waals surface area contributed by atoms with Crippen molar-refractivity contribution in [3.8, 4) is 0 Å². The average molecular weight is 327 g/mol. The van der Waals surface area contributed by atoms with Gasteiger partial charge in [0.05, 0.1) is 6.10 Å². The molecule has 0 radical (unpaired) electrons. The van der Waals surface area contributed by atoms with Gasteiger partial charge in [0.1, 0.15) is 6.10 Å². The molecule has 0 aliphatic rings. The molecule has 2 atom stereocenters. The van der Waals surface area contributed by atoms with E-state index in [1.54, 1.807) is 13.8 Å². The molecular weight excluding hydrogens is 288 g/mol. The second-order valence-corrected chi connectivity index (χ2v) is 6.56. The minimum atomic E-state index is -0.600. The van der Waals surface area contributed by atoms with Crippen LogP contribution in [0, 0.1) is 0 Å². The first-order chi connectivity index (χ1) is 11.1. The van der Waals surface area contributed by atoms with E-state index in [2.05, 4.69) is 19.1 Å². The van der Waals surface area contributed by atoms with Gasteiger partial charge in [0, 0.05) is 6.42 Å². The predicted octanol–water partition coefficient (Wildman–Crippen LogP) is 5.56. The summed E-state index contributed by atoms with van der Waals surface area (Å²) in [5.41, 5.74) is 0. The van der Waals surface area contributed by atoms with E-state index in [4.69, 9.17) is 4.74 Å². The van der Waals surface area contributed by atoms with E-state index in [9.17, 15) is 9.90 Å². The first kappa shape index (κ1) is 22.2. The molecule has 0 aliphatic carbocycles. The van der Waals surface area contributed by atoms with E-state index in [-0.39, 0.29) is 5.97 Å². The zero-order valence-corrected chi connectivity index (χ0v) is 15.6. The first-order valence-electron chi connectivity index (χ1n) is 9.60. The molecule has 23 heavy (non-hydrogen) atoms. The fourth-order valence-electron chi connectivity index (χ4n) is 2.35. The summed E-state index contributed by atoms with van der Waals surface area (Å²) in [7, 11) is 0. The lowest BCUT2D eigenvalue weighted by Gasteiger charge is -2.15. The number of unbranched alkanes of at least 4 members (excludes halogenated alkanes) is 9. The van der Waals surface area contributed by atoms with Crippen LogP contribution in [0.4, 0.5) is 0 Å². The van der Waals surface area contributed by atoms with Gasteiger partial charge >= 0.3 is 5.97 Å². The average Bonchev–Trinajstić information content (AvgIpc) is 2.51. The van der Waals surface area contributed by atoms with Crippen LogP contribution in [0.5, 0.6) is 0 Å². The monoisotopic (exact) mass is 326 g/mol. The summed E-state index contributed by atoms with van der Waals surface area (Å²) in [6, 6.07) is 0. The summed E-state index contributed by atoms with van der Waals surface area (Å²) in [4.78, 5) is 11.5. The van der Waals surface area contributed by atoms with E-state index >= 15 is 0 Å². The third-order valence-corrected chi connectivity index (χ3v) is 4.14. The van der Waals surface area contributed by atoms with E-state index in [0.717, 1.165) is 19.3 Å². The number of aliphatic hydroxyl groups is 1. The van der Waals surface area contributed by atoms with Gasteiger partial charge in [-0.05, 0) is 46.0 Å². The van der Waals surface area contributed by atoms with Gasteiger partial charge < -0.3 is 9.84 Å². The zero-order valence-electron chi connectivity index (χ0n) is 15.6. The fraction of sp³-hybridized carbons (Fsp3) is 0.850. The summed E-state index contributed by atoms with van der Waals surface area (Å²) in [6.45, 7) is 5.61. The summed E-state index contributed by atoms with van der Waals surface area (Å²) in [5, 5.41) is 9.27. The topological polar surface area (TPSA) is 46.5 Å². The zero-order chi connectivity index (χ0) is 17.3. The molecule has 0 fully saturated rings. The predicted molar refractivity (Wildman–Crippen MR) is 97.5 cm³/mol. The minimum Gasteiger partial charge on any atom is -0.460 e. The molecule has 136 valence electrons. The highest BCUT2D eigenvalue weighted by Crippen LogP contribution is 2.09. The lowest BCUT2D eigenvalue weighted by atomic mass is 10.1. The Morgan fingerprint density at radius 3 is 1.96 bits per heavy atom. The third kappa shape index (κ3) is 15.8. The molecule has 0 aromatic heterocycles. The maximum Gasteiger partial charge on any atom is 0.306 e. The van der Waals surface area contributed by atoms with Crippen LogP contribution in [-0.4, -0.2) is 23.3 Å². The van der Waals surface area contributed by atoms with Crippen molar-refractivity contribution >= 4 is 5.97 Å². The Morgan fingerprint density at radius 1 is 0.913 bits per heavy atom. The molecule has 3 nitrogen and oxygen atoms in total. The first-order valence-corrected chi connectivity index (χ1v) is 9.60. The molecular formula is C20H38O3. The standard InChI is InChI=1S/C20H38O3/c1-4-5-6-7-8-9-10-11-12-13-14-15-16-17-20(22)23-19(3)18(2)21/h10-11,18-19,21H,4-9,12-17H2,1-3H3/b11-10+/t18-,19+/m0/s1. The van der Waals surface area contributed by atoms with Crippen molar-refractivity contribution in [1.29, 1.82) is 0 Å². The van der Waals surface area contributed by atoms with E-state index < -0.39 is 12.2 Å². The maximum atomic E-state index is 11.5. The highest BCUT2D eigenvalue weighted by atomic mass is 16.6. The molecule has 1 N–H and O–H groups in total. The van der Waals surface area contributed by atoms with Gasteiger partial charge in [-0.15, -0.1) is 0 Å². The quantitative estimate of drug-likeness (QED) is 0.243. The molecule has 0 rings (SSSR count). The van der Waals surface area contributed by atoms with Gasteiger partial charge in [-0.1, -0.05) is 57.6 Å². The Labute approximate surface area is 143 Å². The van der Waals surface area contributed by atoms with Gasteiger partial charge in [-0.3, -0.25) is 4.79 Å². The number of carbonyl (C=O) groups excluding carboxylic acids is 1. The van der Waals surface area contributed by atoms with Gasteiger partial charge in [0.2, 0.25) is 0 Å². The van der Waals surface area contributed by atoms with Crippen molar-refractivity contribution in [3.05, 3.63) is 12.2 Å². The van der Waals surface area contributed by atoms with Crippen molar-refractivity contribution in [2.24, 2.45) is 0 Å². The van der Waals surface area contributed by atoms with Crippen LogP contribution in [0.1, 0.15) is 97.8 Å². The Balaban J connectivity index is 3.31. The van der Waals surface area contributed by atoms with E-state index in [1.165, 1.54) is 51.4 Å². The Hall–Kier alpha value is -0.830. The third-order valence-electron chi connectivity index (χ3n) is 4.14. The van der Waals surface area contributed by atoms with Crippen molar-refractivity contribution in [2.45, 2.75) is 110 Å². The van der Waals surface area contributed by atoms with Crippen molar-refractivity contribution in [3.63, 3.8) is 0 Å². The number of carbonyl (C=O) groups is 1. The SMILES string of the molecule is CCCCCCC/C=C/CCCCCCC(=O)O[C@H](C)[C@H](C)O. The minimum absolute atomic E-state index is 0.193. The molecule has 0 unspecified atom stereocenters.